The number of hydrogen-bond acceptors (Lipinski definition) is 5. The van der Waals surface area contributed by atoms with E-state index in [2.05, 4.69) is 15.0 Å². The molecule has 3 aromatic carbocycles. The van der Waals surface area contributed by atoms with Crippen LogP contribution in [0.5, 0.6) is 5.88 Å². The normalized spacial score (nSPS) is 11.7. The van der Waals surface area contributed by atoms with E-state index in [1.165, 1.54) is 30.3 Å². The number of fused-ring (bicyclic) bond motifs is 1. The van der Waals surface area contributed by atoms with E-state index in [4.69, 9.17) is 4.99 Å². The molecule has 5 aromatic rings. The van der Waals surface area contributed by atoms with Gasteiger partial charge in [-0.15, -0.1) is 0 Å². The van der Waals surface area contributed by atoms with Crippen molar-refractivity contribution in [1.29, 1.82) is 0 Å². The Kier molecular flexibility index (Phi) is 4.91. The molecule has 0 saturated carbocycles. The number of nitro benzene ring substituents is 1. The molecule has 162 valence electrons. The largest absolute Gasteiger partial charge is 0.494 e. The average molecular weight is 441 g/mol. The minimum atomic E-state index is -0.504. The molecule has 0 saturated heterocycles. The number of benzene rings is 3. The van der Waals surface area contributed by atoms with Gasteiger partial charge >= 0.3 is 0 Å². The van der Waals surface area contributed by atoms with Crippen LogP contribution in [0.1, 0.15) is 11.1 Å². The Labute approximate surface area is 186 Å². The summed E-state index contributed by atoms with van der Waals surface area (Å²) in [7, 11) is 0. The third kappa shape index (κ3) is 3.83. The van der Waals surface area contributed by atoms with E-state index in [0.29, 0.717) is 27.9 Å². The van der Waals surface area contributed by atoms with Crippen molar-refractivity contribution in [1.82, 2.24) is 15.0 Å². The molecular formula is C24H16FN5O3. The molecule has 3 N–H and O–H groups in total. The summed E-state index contributed by atoms with van der Waals surface area (Å²) < 4.78 is 13.6. The van der Waals surface area contributed by atoms with Gasteiger partial charge in [-0.1, -0.05) is 12.1 Å². The van der Waals surface area contributed by atoms with E-state index in [1.807, 2.05) is 12.1 Å². The summed E-state index contributed by atoms with van der Waals surface area (Å²) in [5.41, 5.74) is 3.91. The van der Waals surface area contributed by atoms with Crippen LogP contribution < -0.4 is 0 Å². The summed E-state index contributed by atoms with van der Waals surface area (Å²) in [6, 6.07) is 17.3. The first-order valence-electron chi connectivity index (χ1n) is 9.92. The standard InChI is InChI=1S/C24H16FN5O3/c25-16-5-1-15(2-6-16)23(28-17-7-3-14(4-8-17)21-12-26-13-27-21)22-19-11-18(30(32)33)9-10-20(19)29-24(22)31/h1-13,29,31H,(H,26,27). The Morgan fingerprint density at radius 2 is 1.82 bits per heavy atom. The Hall–Kier alpha value is -4.79. The van der Waals surface area contributed by atoms with E-state index in [1.54, 1.807) is 36.8 Å². The molecular weight excluding hydrogens is 425 g/mol. The van der Waals surface area contributed by atoms with Crippen molar-refractivity contribution >= 4 is 28.0 Å². The number of hydrogen-bond donors (Lipinski definition) is 3. The van der Waals surface area contributed by atoms with Crippen LogP contribution in [-0.2, 0) is 0 Å². The van der Waals surface area contributed by atoms with Gasteiger partial charge in [-0.3, -0.25) is 10.1 Å². The van der Waals surface area contributed by atoms with Gasteiger partial charge in [0.15, 0.2) is 5.88 Å². The van der Waals surface area contributed by atoms with Crippen LogP contribution in [-0.4, -0.2) is 30.7 Å². The number of nitro groups is 1. The van der Waals surface area contributed by atoms with E-state index in [9.17, 15) is 19.6 Å². The van der Waals surface area contributed by atoms with Gasteiger partial charge in [-0.25, -0.2) is 14.4 Å². The van der Waals surface area contributed by atoms with Crippen molar-refractivity contribution < 1.29 is 14.4 Å². The van der Waals surface area contributed by atoms with E-state index < -0.39 is 10.7 Å². The molecule has 2 aromatic heterocycles. The van der Waals surface area contributed by atoms with E-state index in [-0.39, 0.29) is 17.1 Å². The fraction of sp³-hybridized carbons (Fsp3) is 0. The highest BCUT2D eigenvalue weighted by atomic mass is 19.1. The molecule has 0 atom stereocenters. The molecule has 8 nitrogen and oxygen atoms in total. The first kappa shape index (κ1) is 20.1. The second-order valence-corrected chi connectivity index (χ2v) is 7.32. The van der Waals surface area contributed by atoms with E-state index in [0.717, 1.165) is 11.3 Å². The maximum absolute atomic E-state index is 13.6. The highest BCUT2D eigenvalue weighted by Gasteiger charge is 2.21. The number of non-ortho nitro benzene ring substituents is 1. The quantitative estimate of drug-likeness (QED) is 0.190. The maximum atomic E-state index is 13.6. The number of H-pyrrole nitrogens is 2. The lowest BCUT2D eigenvalue weighted by atomic mass is 10.0. The van der Waals surface area contributed by atoms with Crippen LogP contribution in [0, 0.1) is 15.9 Å². The fourth-order valence-electron chi connectivity index (χ4n) is 3.65. The number of aromatic amines is 2. The van der Waals surface area contributed by atoms with Crippen molar-refractivity contribution in [2.24, 2.45) is 4.99 Å². The number of aromatic nitrogens is 3. The Bertz CT molecular complexity index is 1490. The molecule has 0 bridgehead atoms. The minimum Gasteiger partial charge on any atom is -0.494 e. The monoisotopic (exact) mass is 441 g/mol. The number of halogens is 1. The van der Waals surface area contributed by atoms with Crippen LogP contribution in [0.2, 0.25) is 0 Å². The maximum Gasteiger partial charge on any atom is 0.270 e. The Morgan fingerprint density at radius 1 is 1.06 bits per heavy atom. The van der Waals surface area contributed by atoms with Gasteiger partial charge in [-0.2, -0.15) is 0 Å². The lowest BCUT2D eigenvalue weighted by molar-refractivity contribution is -0.384. The van der Waals surface area contributed by atoms with Crippen LogP contribution >= 0.6 is 0 Å². The van der Waals surface area contributed by atoms with Gasteiger partial charge in [0.25, 0.3) is 5.69 Å². The van der Waals surface area contributed by atoms with Crippen molar-refractivity contribution in [3.63, 3.8) is 0 Å². The summed E-state index contributed by atoms with van der Waals surface area (Å²) in [6.45, 7) is 0. The molecule has 9 heteroatoms. The van der Waals surface area contributed by atoms with Crippen molar-refractivity contribution in [3.8, 4) is 17.1 Å². The number of nitrogens with one attached hydrogen (secondary N) is 2. The molecule has 0 aliphatic heterocycles. The Balaban J connectivity index is 1.69. The number of nitrogens with zero attached hydrogens (tertiary/aromatic N) is 3. The molecule has 33 heavy (non-hydrogen) atoms. The van der Waals surface area contributed by atoms with Crippen LogP contribution in [0.3, 0.4) is 0 Å². The topological polar surface area (TPSA) is 120 Å². The summed E-state index contributed by atoms with van der Waals surface area (Å²) in [5.74, 6) is -0.608. The van der Waals surface area contributed by atoms with Crippen LogP contribution in [0.25, 0.3) is 22.2 Å². The first-order chi connectivity index (χ1) is 16.0. The van der Waals surface area contributed by atoms with Crippen molar-refractivity contribution in [2.45, 2.75) is 0 Å². The zero-order valence-corrected chi connectivity index (χ0v) is 17.0. The molecule has 0 amide bonds. The van der Waals surface area contributed by atoms with Crippen LogP contribution in [0.15, 0.2) is 84.2 Å². The van der Waals surface area contributed by atoms with Gasteiger partial charge in [0.1, 0.15) is 5.82 Å². The lowest BCUT2D eigenvalue weighted by Gasteiger charge is -2.08. The molecule has 0 aliphatic carbocycles. The zero-order valence-electron chi connectivity index (χ0n) is 17.0. The van der Waals surface area contributed by atoms with Gasteiger partial charge in [-0.05, 0) is 48.0 Å². The number of aliphatic imine (C=N–C) groups is 1. The first-order valence-corrected chi connectivity index (χ1v) is 9.92. The predicted octanol–water partition coefficient (Wildman–Crippen LogP) is 5.48. The summed E-state index contributed by atoms with van der Waals surface area (Å²) in [4.78, 5) is 25.4. The van der Waals surface area contributed by atoms with Crippen molar-refractivity contribution in [2.75, 3.05) is 0 Å². The summed E-state index contributed by atoms with van der Waals surface area (Å²) >= 11 is 0. The SMILES string of the molecule is O=[N+]([O-])c1ccc2[nH]c(O)c(C(=Nc3ccc(-c4cnc[nH]4)cc3)c3ccc(F)cc3)c2c1. The molecule has 0 aliphatic rings. The molecule has 0 fully saturated rings. The summed E-state index contributed by atoms with van der Waals surface area (Å²) in [6.07, 6.45) is 3.30. The number of imidazole rings is 1. The highest BCUT2D eigenvalue weighted by molar-refractivity contribution is 6.22. The minimum absolute atomic E-state index is 0.120. The van der Waals surface area contributed by atoms with Gasteiger partial charge in [0.05, 0.1) is 40.1 Å². The molecule has 2 heterocycles. The fourth-order valence-corrected chi connectivity index (χ4v) is 3.65. The smallest absolute Gasteiger partial charge is 0.270 e. The summed E-state index contributed by atoms with van der Waals surface area (Å²) in [5, 5.41) is 22.4. The van der Waals surface area contributed by atoms with Gasteiger partial charge in [0, 0.05) is 28.6 Å². The molecule has 0 unspecified atom stereocenters. The van der Waals surface area contributed by atoms with Gasteiger partial charge in [0.2, 0.25) is 0 Å². The molecule has 5 rings (SSSR count). The van der Waals surface area contributed by atoms with E-state index >= 15 is 0 Å². The number of aromatic hydroxyl groups is 1. The zero-order chi connectivity index (χ0) is 22.9. The predicted molar refractivity (Wildman–Crippen MR) is 122 cm³/mol. The second-order valence-electron chi connectivity index (χ2n) is 7.32. The highest BCUT2D eigenvalue weighted by Crippen LogP contribution is 2.34. The van der Waals surface area contributed by atoms with Crippen LogP contribution in [0.4, 0.5) is 15.8 Å². The van der Waals surface area contributed by atoms with Crippen molar-refractivity contribution in [3.05, 3.63) is 106 Å². The number of rotatable bonds is 5. The second kappa shape index (κ2) is 8.04. The third-order valence-corrected chi connectivity index (χ3v) is 5.25. The molecule has 0 radical (unpaired) electrons. The lowest BCUT2D eigenvalue weighted by Crippen LogP contribution is -2.03. The third-order valence-electron chi connectivity index (χ3n) is 5.25. The molecule has 0 spiro atoms. The average Bonchev–Trinajstić information content (AvgIpc) is 3.46. The van der Waals surface area contributed by atoms with Gasteiger partial charge < -0.3 is 15.1 Å². The Morgan fingerprint density at radius 3 is 2.48 bits per heavy atom.